The molecule has 4 heteroatoms. The number of aliphatic hydroxyl groups is 2. The molecule has 0 bridgehead atoms. The Kier molecular flexibility index (Phi) is 7.87. The van der Waals surface area contributed by atoms with Crippen LogP contribution in [0.1, 0.15) is 47.0 Å². The van der Waals surface area contributed by atoms with Crippen molar-refractivity contribution >= 4 is 5.97 Å². The molecule has 0 fully saturated rings. The summed E-state index contributed by atoms with van der Waals surface area (Å²) in [5.74, 6) is -1.73. The number of hydrogen-bond acceptors (Lipinski definition) is 3. The molecule has 0 aliphatic heterocycles. The van der Waals surface area contributed by atoms with Crippen LogP contribution in [0.25, 0.3) is 0 Å². The molecule has 0 amide bonds. The zero-order valence-corrected chi connectivity index (χ0v) is 11.8. The zero-order chi connectivity index (χ0) is 14.3. The first-order valence-corrected chi connectivity index (χ1v) is 6.56. The highest BCUT2D eigenvalue weighted by molar-refractivity contribution is 5.70. The lowest BCUT2D eigenvalue weighted by Crippen LogP contribution is -2.27. The summed E-state index contributed by atoms with van der Waals surface area (Å²) in [5, 5.41) is 28.5. The molecular weight excluding hydrogens is 232 g/mol. The molecular formula is C14H26O4. The zero-order valence-electron chi connectivity index (χ0n) is 11.8. The van der Waals surface area contributed by atoms with E-state index >= 15 is 0 Å². The van der Waals surface area contributed by atoms with E-state index in [9.17, 15) is 15.0 Å². The van der Waals surface area contributed by atoms with Gasteiger partial charge in [0.25, 0.3) is 0 Å². The molecule has 0 aromatic carbocycles. The smallest absolute Gasteiger partial charge is 0.308 e. The van der Waals surface area contributed by atoms with Crippen LogP contribution in [-0.4, -0.2) is 33.5 Å². The van der Waals surface area contributed by atoms with E-state index < -0.39 is 24.1 Å². The summed E-state index contributed by atoms with van der Waals surface area (Å²) in [7, 11) is 0. The van der Waals surface area contributed by atoms with Crippen LogP contribution in [0.15, 0.2) is 11.6 Å². The van der Waals surface area contributed by atoms with Crippen LogP contribution in [0.5, 0.6) is 0 Å². The predicted molar refractivity (Wildman–Crippen MR) is 71.3 cm³/mol. The first kappa shape index (κ1) is 17.1. The Morgan fingerprint density at radius 2 is 1.78 bits per heavy atom. The maximum Gasteiger partial charge on any atom is 0.308 e. The van der Waals surface area contributed by atoms with E-state index in [-0.39, 0.29) is 5.92 Å². The fraction of sp³-hybridized carbons (Fsp3) is 0.786. The molecule has 4 atom stereocenters. The van der Waals surface area contributed by atoms with Crippen LogP contribution >= 0.6 is 0 Å². The molecule has 4 nitrogen and oxygen atoms in total. The van der Waals surface area contributed by atoms with E-state index in [2.05, 4.69) is 0 Å². The monoisotopic (exact) mass is 258 g/mol. The number of carbonyl (C=O) groups is 1. The molecule has 0 aliphatic carbocycles. The molecule has 0 aliphatic rings. The van der Waals surface area contributed by atoms with E-state index in [0.29, 0.717) is 12.8 Å². The van der Waals surface area contributed by atoms with Crippen LogP contribution in [0, 0.1) is 11.8 Å². The first-order chi connectivity index (χ1) is 8.31. The topological polar surface area (TPSA) is 77.8 Å². The minimum Gasteiger partial charge on any atom is -0.481 e. The summed E-state index contributed by atoms with van der Waals surface area (Å²) in [6, 6.07) is 0. The summed E-state index contributed by atoms with van der Waals surface area (Å²) in [6.45, 7) is 7.31. The molecule has 0 aromatic heterocycles. The Balaban J connectivity index is 4.21. The van der Waals surface area contributed by atoms with Gasteiger partial charge in [-0.2, -0.15) is 0 Å². The van der Waals surface area contributed by atoms with E-state index in [1.165, 1.54) is 6.92 Å². The Labute approximate surface area is 109 Å². The predicted octanol–water partition coefficient (Wildman–Crippen LogP) is 2.20. The molecule has 0 saturated heterocycles. The van der Waals surface area contributed by atoms with Crippen LogP contribution in [0.2, 0.25) is 0 Å². The Bertz CT molecular complexity index is 286. The Morgan fingerprint density at radius 1 is 1.22 bits per heavy atom. The van der Waals surface area contributed by atoms with Gasteiger partial charge in [0.2, 0.25) is 0 Å². The second kappa shape index (κ2) is 8.27. The Morgan fingerprint density at radius 3 is 2.22 bits per heavy atom. The molecule has 0 rings (SSSR count). The molecule has 0 aromatic rings. The second-order valence-electron chi connectivity index (χ2n) is 5.05. The normalized spacial score (nSPS) is 19.1. The van der Waals surface area contributed by atoms with Crippen molar-refractivity contribution in [2.45, 2.75) is 59.2 Å². The van der Waals surface area contributed by atoms with Crippen LogP contribution in [-0.2, 0) is 4.79 Å². The first-order valence-electron chi connectivity index (χ1n) is 6.56. The van der Waals surface area contributed by atoms with Gasteiger partial charge in [0.05, 0.1) is 18.1 Å². The van der Waals surface area contributed by atoms with Crippen LogP contribution in [0.4, 0.5) is 0 Å². The van der Waals surface area contributed by atoms with Crippen molar-refractivity contribution in [3.8, 4) is 0 Å². The lowest BCUT2D eigenvalue weighted by Gasteiger charge is -2.22. The van der Waals surface area contributed by atoms with Gasteiger partial charge >= 0.3 is 5.97 Å². The summed E-state index contributed by atoms with van der Waals surface area (Å²) in [6.07, 6.45) is 2.50. The van der Waals surface area contributed by atoms with E-state index in [1.807, 2.05) is 26.8 Å². The average Bonchev–Trinajstić information content (AvgIpc) is 2.33. The van der Waals surface area contributed by atoms with Gasteiger partial charge in [-0.05, 0) is 44.6 Å². The highest BCUT2D eigenvalue weighted by Crippen LogP contribution is 2.20. The molecule has 0 saturated carbocycles. The maximum absolute atomic E-state index is 10.7. The molecule has 0 spiro atoms. The SMILES string of the molecule is CC/C=C(\C)[C@H](O)[C@@H](C)CC[C@H](O)[C@@H](C)C(=O)O. The van der Waals surface area contributed by atoms with Crippen LogP contribution in [0.3, 0.4) is 0 Å². The third-order valence-corrected chi connectivity index (χ3v) is 3.42. The third-order valence-electron chi connectivity index (χ3n) is 3.42. The number of carboxylic acids is 1. The summed E-state index contributed by atoms with van der Waals surface area (Å²) >= 11 is 0. The maximum atomic E-state index is 10.7. The van der Waals surface area contributed by atoms with E-state index in [1.54, 1.807) is 0 Å². The number of aliphatic carboxylic acids is 1. The van der Waals surface area contributed by atoms with Crippen molar-refractivity contribution in [1.82, 2.24) is 0 Å². The molecule has 0 radical (unpaired) electrons. The second-order valence-corrected chi connectivity index (χ2v) is 5.05. The number of rotatable bonds is 8. The highest BCUT2D eigenvalue weighted by atomic mass is 16.4. The fourth-order valence-electron chi connectivity index (χ4n) is 1.90. The molecule has 18 heavy (non-hydrogen) atoms. The summed E-state index contributed by atoms with van der Waals surface area (Å²) in [4.78, 5) is 10.7. The van der Waals surface area contributed by atoms with Crippen LogP contribution < -0.4 is 0 Å². The number of carboxylic acid groups (broad SMARTS) is 1. The lowest BCUT2D eigenvalue weighted by atomic mass is 9.90. The lowest BCUT2D eigenvalue weighted by molar-refractivity contribution is -0.145. The number of hydrogen-bond donors (Lipinski definition) is 3. The van der Waals surface area contributed by atoms with Crippen molar-refractivity contribution in [2.24, 2.45) is 11.8 Å². The molecule has 0 unspecified atom stereocenters. The van der Waals surface area contributed by atoms with Gasteiger partial charge in [-0.15, -0.1) is 0 Å². The molecule has 106 valence electrons. The van der Waals surface area contributed by atoms with Gasteiger partial charge < -0.3 is 15.3 Å². The van der Waals surface area contributed by atoms with Crippen molar-refractivity contribution < 1.29 is 20.1 Å². The van der Waals surface area contributed by atoms with Gasteiger partial charge in [-0.25, -0.2) is 0 Å². The largest absolute Gasteiger partial charge is 0.481 e. The molecule has 3 N–H and O–H groups in total. The van der Waals surface area contributed by atoms with E-state index in [4.69, 9.17) is 5.11 Å². The minimum absolute atomic E-state index is 0.0171. The van der Waals surface area contributed by atoms with Gasteiger partial charge in [-0.1, -0.05) is 19.9 Å². The van der Waals surface area contributed by atoms with Gasteiger partial charge in [-0.3, -0.25) is 4.79 Å². The van der Waals surface area contributed by atoms with Crippen molar-refractivity contribution in [3.05, 3.63) is 11.6 Å². The van der Waals surface area contributed by atoms with Gasteiger partial charge in [0.15, 0.2) is 0 Å². The number of aliphatic hydroxyl groups excluding tert-OH is 2. The molecule has 0 heterocycles. The van der Waals surface area contributed by atoms with Crippen molar-refractivity contribution in [3.63, 3.8) is 0 Å². The standard InChI is InChI=1S/C14H26O4/c1-5-6-9(2)13(16)10(3)7-8-12(15)11(4)14(17)18/h6,10-13,15-16H,5,7-8H2,1-4H3,(H,17,18)/b9-6+/t10-,11+,12-,13-/m0/s1. The van der Waals surface area contributed by atoms with E-state index in [0.717, 1.165) is 12.0 Å². The Hall–Kier alpha value is -0.870. The minimum atomic E-state index is -0.988. The highest BCUT2D eigenvalue weighted by Gasteiger charge is 2.23. The summed E-state index contributed by atoms with van der Waals surface area (Å²) < 4.78 is 0. The van der Waals surface area contributed by atoms with Gasteiger partial charge in [0.1, 0.15) is 0 Å². The third kappa shape index (κ3) is 5.65. The average molecular weight is 258 g/mol. The van der Waals surface area contributed by atoms with Crippen molar-refractivity contribution in [2.75, 3.05) is 0 Å². The fourth-order valence-corrected chi connectivity index (χ4v) is 1.90. The van der Waals surface area contributed by atoms with Crippen molar-refractivity contribution in [1.29, 1.82) is 0 Å². The summed E-state index contributed by atoms with van der Waals surface area (Å²) in [5.41, 5.74) is 0.936. The van der Waals surface area contributed by atoms with Gasteiger partial charge in [0, 0.05) is 0 Å². The quantitative estimate of drug-likeness (QED) is 0.583. The number of allylic oxidation sites excluding steroid dienone is 1.